The molecule has 0 aliphatic heterocycles. The quantitative estimate of drug-likeness (QED) is 0.775. The molecule has 1 unspecified atom stereocenters. The second-order valence-corrected chi connectivity index (χ2v) is 5.22. The van der Waals surface area contributed by atoms with Crippen molar-refractivity contribution in [3.05, 3.63) is 41.7 Å². The van der Waals surface area contributed by atoms with Crippen LogP contribution in [0.4, 0.5) is 0 Å². The molecule has 1 atom stereocenters. The molecular weight excluding hydrogens is 260 g/mol. The van der Waals surface area contributed by atoms with E-state index in [4.69, 9.17) is 5.73 Å². The molecule has 1 aromatic carbocycles. The number of nitrogens with two attached hydrogens (primary N) is 1. The highest BCUT2D eigenvalue weighted by Gasteiger charge is 2.12. The van der Waals surface area contributed by atoms with Crippen molar-refractivity contribution in [2.75, 3.05) is 12.3 Å². The van der Waals surface area contributed by atoms with E-state index in [-0.39, 0.29) is 0 Å². The van der Waals surface area contributed by atoms with Crippen molar-refractivity contribution in [2.45, 2.75) is 17.7 Å². The topological polar surface area (TPSA) is 77.0 Å². The second-order valence-electron chi connectivity index (χ2n) is 4.23. The fourth-order valence-corrected chi connectivity index (χ4v) is 2.64. The molecule has 1 aromatic heterocycles. The van der Waals surface area contributed by atoms with E-state index in [0.717, 1.165) is 16.5 Å². The molecule has 0 aliphatic carbocycles. The first-order chi connectivity index (χ1) is 9.22. The van der Waals surface area contributed by atoms with Crippen LogP contribution in [-0.4, -0.2) is 32.2 Å². The highest BCUT2D eigenvalue weighted by Crippen LogP contribution is 2.23. The van der Waals surface area contributed by atoms with Gasteiger partial charge in [0, 0.05) is 19.2 Å². The molecule has 19 heavy (non-hydrogen) atoms. The summed E-state index contributed by atoms with van der Waals surface area (Å²) in [5, 5.41) is 19.1. The van der Waals surface area contributed by atoms with Gasteiger partial charge in [-0.05, 0) is 12.1 Å². The molecule has 5 nitrogen and oxygen atoms in total. The highest BCUT2D eigenvalue weighted by atomic mass is 32.2. The lowest BCUT2D eigenvalue weighted by Gasteiger charge is -2.10. The SMILES string of the molecule is Cn1c(CCN)nnc1SCC(O)c1ccccc1. The van der Waals surface area contributed by atoms with Crippen LogP contribution in [0.25, 0.3) is 0 Å². The lowest BCUT2D eigenvalue weighted by atomic mass is 10.1. The summed E-state index contributed by atoms with van der Waals surface area (Å²) < 4.78 is 1.93. The minimum absolute atomic E-state index is 0.499. The smallest absolute Gasteiger partial charge is 0.191 e. The van der Waals surface area contributed by atoms with E-state index in [1.807, 2.05) is 41.9 Å². The Morgan fingerprint density at radius 3 is 2.74 bits per heavy atom. The van der Waals surface area contributed by atoms with Gasteiger partial charge in [0.05, 0.1) is 6.10 Å². The summed E-state index contributed by atoms with van der Waals surface area (Å²) in [7, 11) is 1.92. The summed E-state index contributed by atoms with van der Waals surface area (Å²) >= 11 is 1.50. The van der Waals surface area contributed by atoms with E-state index in [2.05, 4.69) is 10.2 Å². The van der Waals surface area contributed by atoms with Crippen molar-refractivity contribution in [1.29, 1.82) is 0 Å². The molecule has 0 saturated carbocycles. The molecule has 0 bridgehead atoms. The number of hydrogen-bond donors (Lipinski definition) is 2. The average molecular weight is 278 g/mol. The minimum atomic E-state index is -0.499. The molecule has 0 amide bonds. The first-order valence-corrected chi connectivity index (χ1v) is 7.15. The van der Waals surface area contributed by atoms with Gasteiger partial charge >= 0.3 is 0 Å². The maximum atomic E-state index is 10.1. The minimum Gasteiger partial charge on any atom is -0.388 e. The van der Waals surface area contributed by atoms with E-state index in [9.17, 15) is 5.11 Å². The van der Waals surface area contributed by atoms with Gasteiger partial charge in [-0.3, -0.25) is 0 Å². The number of aromatic nitrogens is 3. The van der Waals surface area contributed by atoms with Crippen LogP contribution in [0.15, 0.2) is 35.5 Å². The maximum Gasteiger partial charge on any atom is 0.191 e. The van der Waals surface area contributed by atoms with Crippen molar-refractivity contribution in [3.63, 3.8) is 0 Å². The maximum absolute atomic E-state index is 10.1. The molecule has 102 valence electrons. The van der Waals surface area contributed by atoms with Crippen LogP contribution >= 0.6 is 11.8 Å². The zero-order valence-corrected chi connectivity index (χ0v) is 11.7. The number of hydrogen-bond acceptors (Lipinski definition) is 5. The van der Waals surface area contributed by atoms with Gasteiger partial charge < -0.3 is 15.4 Å². The van der Waals surface area contributed by atoms with E-state index >= 15 is 0 Å². The summed E-state index contributed by atoms with van der Waals surface area (Å²) in [6.07, 6.45) is 0.214. The summed E-state index contributed by atoms with van der Waals surface area (Å²) in [5.41, 5.74) is 6.43. The average Bonchev–Trinajstić information content (AvgIpc) is 2.79. The fourth-order valence-electron chi connectivity index (χ4n) is 1.74. The normalized spacial score (nSPS) is 12.6. The number of aliphatic hydroxyl groups excluding tert-OH is 1. The van der Waals surface area contributed by atoms with Crippen LogP contribution in [0.3, 0.4) is 0 Å². The number of thioether (sulfide) groups is 1. The van der Waals surface area contributed by atoms with Gasteiger partial charge in [0.25, 0.3) is 0 Å². The number of nitrogens with zero attached hydrogens (tertiary/aromatic N) is 3. The van der Waals surface area contributed by atoms with Crippen LogP contribution in [-0.2, 0) is 13.5 Å². The van der Waals surface area contributed by atoms with Gasteiger partial charge in [0.1, 0.15) is 5.82 Å². The first kappa shape index (κ1) is 14.0. The Labute approximate surface area is 116 Å². The van der Waals surface area contributed by atoms with Crippen LogP contribution in [0, 0.1) is 0 Å². The Morgan fingerprint density at radius 1 is 1.32 bits per heavy atom. The predicted molar refractivity (Wildman–Crippen MR) is 75.9 cm³/mol. The summed E-state index contributed by atoms with van der Waals surface area (Å²) in [6, 6.07) is 9.62. The predicted octanol–water partition coefficient (Wildman–Crippen LogP) is 1.14. The van der Waals surface area contributed by atoms with Crippen molar-refractivity contribution in [1.82, 2.24) is 14.8 Å². The molecule has 2 rings (SSSR count). The molecule has 2 aromatic rings. The lowest BCUT2D eigenvalue weighted by molar-refractivity contribution is 0.204. The number of aliphatic hydroxyl groups is 1. The van der Waals surface area contributed by atoms with Gasteiger partial charge in [0.2, 0.25) is 0 Å². The molecular formula is C13H18N4OS. The monoisotopic (exact) mass is 278 g/mol. The zero-order valence-electron chi connectivity index (χ0n) is 10.9. The molecule has 0 radical (unpaired) electrons. The third kappa shape index (κ3) is 3.56. The standard InChI is InChI=1S/C13H18N4OS/c1-17-12(7-8-14)15-16-13(17)19-9-11(18)10-5-3-2-4-6-10/h2-6,11,18H,7-9,14H2,1H3. The number of benzene rings is 1. The van der Waals surface area contributed by atoms with Gasteiger partial charge in [-0.2, -0.15) is 0 Å². The lowest BCUT2D eigenvalue weighted by Crippen LogP contribution is -2.08. The van der Waals surface area contributed by atoms with Crippen molar-refractivity contribution < 1.29 is 5.11 Å². The van der Waals surface area contributed by atoms with Crippen LogP contribution < -0.4 is 5.73 Å². The Bertz CT molecular complexity index is 515. The molecule has 3 N–H and O–H groups in total. The third-order valence-electron chi connectivity index (χ3n) is 2.85. The van der Waals surface area contributed by atoms with Crippen LogP contribution in [0.2, 0.25) is 0 Å². The molecule has 1 heterocycles. The van der Waals surface area contributed by atoms with Crippen molar-refractivity contribution in [3.8, 4) is 0 Å². The van der Waals surface area contributed by atoms with Crippen LogP contribution in [0.5, 0.6) is 0 Å². The van der Waals surface area contributed by atoms with Crippen LogP contribution in [0.1, 0.15) is 17.5 Å². The van der Waals surface area contributed by atoms with Gasteiger partial charge in [-0.15, -0.1) is 10.2 Å². The Balaban J connectivity index is 1.95. The summed E-state index contributed by atoms with van der Waals surface area (Å²) in [4.78, 5) is 0. The van der Waals surface area contributed by atoms with Crippen molar-refractivity contribution >= 4 is 11.8 Å². The Kier molecular flexibility index (Phi) is 4.95. The van der Waals surface area contributed by atoms with E-state index in [1.54, 1.807) is 0 Å². The van der Waals surface area contributed by atoms with E-state index < -0.39 is 6.10 Å². The summed E-state index contributed by atoms with van der Waals surface area (Å²) in [6.45, 7) is 0.559. The van der Waals surface area contributed by atoms with E-state index in [0.29, 0.717) is 18.7 Å². The molecule has 6 heteroatoms. The fraction of sp³-hybridized carbons (Fsp3) is 0.385. The molecule has 0 aliphatic rings. The van der Waals surface area contributed by atoms with Gasteiger partial charge in [0.15, 0.2) is 5.16 Å². The largest absolute Gasteiger partial charge is 0.388 e. The van der Waals surface area contributed by atoms with E-state index in [1.165, 1.54) is 11.8 Å². The van der Waals surface area contributed by atoms with Gasteiger partial charge in [-0.1, -0.05) is 42.1 Å². The highest BCUT2D eigenvalue weighted by molar-refractivity contribution is 7.99. The van der Waals surface area contributed by atoms with Crippen molar-refractivity contribution in [2.24, 2.45) is 12.8 Å². The first-order valence-electron chi connectivity index (χ1n) is 6.16. The Morgan fingerprint density at radius 2 is 2.05 bits per heavy atom. The van der Waals surface area contributed by atoms with Gasteiger partial charge in [-0.25, -0.2) is 0 Å². The second kappa shape index (κ2) is 6.70. The summed E-state index contributed by atoms with van der Waals surface area (Å²) in [5.74, 6) is 1.43. The third-order valence-corrected chi connectivity index (χ3v) is 3.94. The molecule has 0 spiro atoms. The molecule has 0 saturated heterocycles. The number of rotatable bonds is 6. The zero-order chi connectivity index (χ0) is 13.7. The Hall–Kier alpha value is -1.37. The molecule has 0 fully saturated rings.